The number of rotatable bonds is 7. The summed E-state index contributed by atoms with van der Waals surface area (Å²) in [5.41, 5.74) is 0.0627. The fourth-order valence-electron chi connectivity index (χ4n) is 3.98. The summed E-state index contributed by atoms with van der Waals surface area (Å²) in [6.45, 7) is 1.92. The van der Waals surface area contributed by atoms with E-state index in [1.165, 1.54) is 35.9 Å². The van der Waals surface area contributed by atoms with Crippen molar-refractivity contribution >= 4 is 28.4 Å². The monoisotopic (exact) mass is 495 g/mol. The molecule has 35 heavy (non-hydrogen) atoms. The van der Waals surface area contributed by atoms with Gasteiger partial charge in [-0.15, -0.1) is 0 Å². The Balaban J connectivity index is 1.86. The van der Waals surface area contributed by atoms with Crippen molar-refractivity contribution in [1.82, 2.24) is 14.5 Å². The summed E-state index contributed by atoms with van der Waals surface area (Å²) in [7, 11) is 1.49. The van der Waals surface area contributed by atoms with E-state index in [4.69, 9.17) is 16.3 Å². The van der Waals surface area contributed by atoms with E-state index >= 15 is 0 Å². The Morgan fingerprint density at radius 1 is 1.09 bits per heavy atom. The standard InChI is InChI=1S/C26H23ClFN3O4/c1-3-22(24(32)29-15-16-7-10-18(28)11-8-16)31-23-13-17(27)9-12-21(23)25(33)30(26(31)34)19-5-4-6-20(14-19)35-2/h4-14,22H,3,15H2,1-2H3,(H,29,32)/t22-/m0/s1. The van der Waals surface area contributed by atoms with Crippen LogP contribution in [-0.2, 0) is 11.3 Å². The first-order valence-corrected chi connectivity index (χ1v) is 11.3. The molecular formula is C26H23ClFN3O4. The molecule has 0 saturated heterocycles. The molecule has 0 bridgehead atoms. The molecule has 180 valence electrons. The van der Waals surface area contributed by atoms with Gasteiger partial charge in [0.25, 0.3) is 5.56 Å². The van der Waals surface area contributed by atoms with Crippen molar-refractivity contribution < 1.29 is 13.9 Å². The van der Waals surface area contributed by atoms with Gasteiger partial charge in [0.2, 0.25) is 5.91 Å². The Hall–Kier alpha value is -3.91. The van der Waals surface area contributed by atoms with E-state index in [0.29, 0.717) is 22.0 Å². The zero-order chi connectivity index (χ0) is 25.1. The maximum atomic E-state index is 13.8. The van der Waals surface area contributed by atoms with Crippen molar-refractivity contribution in [3.8, 4) is 11.4 Å². The number of aromatic nitrogens is 2. The number of fused-ring (bicyclic) bond motifs is 1. The molecule has 0 aliphatic rings. The zero-order valence-corrected chi connectivity index (χ0v) is 19.9. The molecule has 0 unspecified atom stereocenters. The van der Waals surface area contributed by atoms with E-state index in [9.17, 15) is 18.8 Å². The van der Waals surface area contributed by atoms with Gasteiger partial charge in [0, 0.05) is 17.6 Å². The predicted molar refractivity (Wildman–Crippen MR) is 133 cm³/mol. The molecular weight excluding hydrogens is 473 g/mol. The number of ether oxygens (including phenoxy) is 1. The van der Waals surface area contributed by atoms with Crippen molar-refractivity contribution in [3.05, 3.63) is 104 Å². The predicted octanol–water partition coefficient (Wildman–Crippen LogP) is 4.22. The normalized spacial score (nSPS) is 11.9. The molecule has 1 heterocycles. The van der Waals surface area contributed by atoms with Crippen molar-refractivity contribution in [1.29, 1.82) is 0 Å². The van der Waals surface area contributed by atoms with Crippen LogP contribution < -0.4 is 21.3 Å². The quantitative estimate of drug-likeness (QED) is 0.416. The lowest BCUT2D eigenvalue weighted by atomic mass is 10.1. The fraction of sp³-hybridized carbons (Fsp3) is 0.192. The lowest BCUT2D eigenvalue weighted by Gasteiger charge is -2.22. The molecule has 0 saturated carbocycles. The summed E-state index contributed by atoms with van der Waals surface area (Å²) in [4.78, 5) is 40.4. The van der Waals surface area contributed by atoms with Crippen LogP contribution in [0.2, 0.25) is 5.02 Å². The number of carbonyl (C=O) groups is 1. The highest BCUT2D eigenvalue weighted by molar-refractivity contribution is 6.31. The lowest BCUT2D eigenvalue weighted by Crippen LogP contribution is -2.44. The second-order valence-electron chi connectivity index (χ2n) is 7.92. The average molecular weight is 496 g/mol. The Kier molecular flexibility index (Phi) is 7.02. The molecule has 0 spiro atoms. The summed E-state index contributed by atoms with van der Waals surface area (Å²) < 4.78 is 20.8. The molecule has 4 aromatic rings. The SMILES string of the molecule is CC[C@@H](C(=O)NCc1ccc(F)cc1)n1c(=O)n(-c2cccc(OC)c2)c(=O)c2ccc(Cl)cc21. The van der Waals surface area contributed by atoms with Crippen LogP contribution in [0.4, 0.5) is 4.39 Å². The number of hydrogen-bond donors (Lipinski definition) is 1. The molecule has 3 aromatic carbocycles. The van der Waals surface area contributed by atoms with Gasteiger partial charge in [-0.25, -0.2) is 13.8 Å². The van der Waals surface area contributed by atoms with Gasteiger partial charge in [-0.2, -0.15) is 0 Å². The number of carbonyl (C=O) groups excluding carboxylic acids is 1. The Morgan fingerprint density at radius 2 is 1.83 bits per heavy atom. The Bertz CT molecular complexity index is 1510. The van der Waals surface area contributed by atoms with Crippen molar-refractivity contribution in [2.75, 3.05) is 7.11 Å². The summed E-state index contributed by atoms with van der Waals surface area (Å²) in [5, 5.41) is 3.37. The minimum atomic E-state index is -0.929. The second-order valence-corrected chi connectivity index (χ2v) is 8.36. The van der Waals surface area contributed by atoms with E-state index in [-0.39, 0.29) is 29.7 Å². The summed E-state index contributed by atoms with van der Waals surface area (Å²) in [6, 6.07) is 16.0. The van der Waals surface area contributed by atoms with Crippen LogP contribution in [0.1, 0.15) is 24.9 Å². The zero-order valence-electron chi connectivity index (χ0n) is 19.1. The molecule has 4 rings (SSSR count). The van der Waals surface area contributed by atoms with Gasteiger partial charge in [0.1, 0.15) is 17.6 Å². The summed E-state index contributed by atoms with van der Waals surface area (Å²) >= 11 is 6.20. The maximum absolute atomic E-state index is 13.8. The minimum Gasteiger partial charge on any atom is -0.497 e. The number of nitrogens with zero attached hydrogens (tertiary/aromatic N) is 2. The first-order valence-electron chi connectivity index (χ1n) is 11.0. The number of amides is 1. The van der Waals surface area contributed by atoms with Gasteiger partial charge < -0.3 is 10.1 Å². The van der Waals surface area contributed by atoms with Crippen LogP contribution in [-0.4, -0.2) is 22.2 Å². The van der Waals surface area contributed by atoms with Crippen molar-refractivity contribution in [2.24, 2.45) is 0 Å². The summed E-state index contributed by atoms with van der Waals surface area (Å²) in [5.74, 6) is -0.321. The number of halogens is 2. The van der Waals surface area contributed by atoms with Gasteiger partial charge in [0.05, 0.1) is 23.7 Å². The third-order valence-corrected chi connectivity index (χ3v) is 5.98. The van der Waals surface area contributed by atoms with Crippen molar-refractivity contribution in [2.45, 2.75) is 25.9 Å². The van der Waals surface area contributed by atoms with Crippen LogP contribution in [0.25, 0.3) is 16.6 Å². The molecule has 9 heteroatoms. The average Bonchev–Trinajstić information content (AvgIpc) is 2.86. The topological polar surface area (TPSA) is 82.3 Å². The summed E-state index contributed by atoms with van der Waals surface area (Å²) in [6.07, 6.45) is 0.271. The van der Waals surface area contributed by atoms with Gasteiger partial charge in [-0.1, -0.05) is 36.7 Å². The highest BCUT2D eigenvalue weighted by Gasteiger charge is 2.25. The minimum absolute atomic E-state index is 0.151. The van der Waals surface area contributed by atoms with Crippen LogP contribution >= 0.6 is 11.6 Å². The van der Waals surface area contributed by atoms with Crippen LogP contribution in [0, 0.1) is 5.82 Å². The molecule has 1 aromatic heterocycles. The molecule has 0 fully saturated rings. The third kappa shape index (κ3) is 4.83. The van der Waals surface area contributed by atoms with Gasteiger partial charge >= 0.3 is 5.69 Å². The smallest absolute Gasteiger partial charge is 0.336 e. The molecule has 0 radical (unpaired) electrons. The molecule has 1 N–H and O–H groups in total. The van der Waals surface area contributed by atoms with E-state index in [0.717, 1.165) is 4.57 Å². The fourth-order valence-corrected chi connectivity index (χ4v) is 4.14. The van der Waals surface area contributed by atoms with Crippen LogP contribution in [0.3, 0.4) is 0 Å². The largest absolute Gasteiger partial charge is 0.497 e. The molecule has 0 aliphatic heterocycles. The third-order valence-electron chi connectivity index (χ3n) is 5.74. The number of benzene rings is 3. The molecule has 7 nitrogen and oxygen atoms in total. The van der Waals surface area contributed by atoms with Gasteiger partial charge in [-0.3, -0.25) is 14.2 Å². The van der Waals surface area contributed by atoms with Crippen molar-refractivity contribution in [3.63, 3.8) is 0 Å². The number of nitrogens with one attached hydrogen (secondary N) is 1. The van der Waals surface area contributed by atoms with Gasteiger partial charge in [-0.05, 0) is 54.4 Å². The van der Waals surface area contributed by atoms with E-state index in [1.54, 1.807) is 49.4 Å². The molecule has 1 amide bonds. The number of hydrogen-bond acceptors (Lipinski definition) is 4. The van der Waals surface area contributed by atoms with Crippen LogP contribution in [0.15, 0.2) is 76.3 Å². The highest BCUT2D eigenvalue weighted by Crippen LogP contribution is 2.22. The first-order chi connectivity index (χ1) is 16.8. The van der Waals surface area contributed by atoms with E-state index < -0.39 is 23.2 Å². The Morgan fingerprint density at radius 3 is 2.51 bits per heavy atom. The maximum Gasteiger partial charge on any atom is 0.336 e. The molecule has 0 aliphatic carbocycles. The Labute approximate surface area is 205 Å². The lowest BCUT2D eigenvalue weighted by molar-refractivity contribution is -0.124. The van der Waals surface area contributed by atoms with E-state index in [1.807, 2.05) is 0 Å². The second kappa shape index (κ2) is 10.1. The highest BCUT2D eigenvalue weighted by atomic mass is 35.5. The van der Waals surface area contributed by atoms with Crippen LogP contribution in [0.5, 0.6) is 5.75 Å². The van der Waals surface area contributed by atoms with E-state index in [2.05, 4.69) is 5.32 Å². The van der Waals surface area contributed by atoms with Gasteiger partial charge in [0.15, 0.2) is 0 Å². The number of methoxy groups -OCH3 is 1. The first kappa shape index (κ1) is 24.2. The molecule has 1 atom stereocenters.